The molecular formula is C41H83NO3. The minimum atomic E-state index is -0.651. The fourth-order valence-corrected chi connectivity index (χ4v) is 6.66. The van der Waals surface area contributed by atoms with Gasteiger partial charge in [-0.15, -0.1) is 0 Å². The Morgan fingerprint density at radius 1 is 0.444 bits per heavy atom. The quantitative estimate of drug-likeness (QED) is 0.0590. The molecule has 1 amide bonds. The standard InChI is InChI=1S/C41H83NO3/c1-3-5-7-9-11-13-15-16-17-18-19-20-21-22-23-24-25-26-27-29-31-33-35-37-41(45)42-39(38-43)40(44)36-34-32-30-28-14-12-10-8-6-4-2/h39-40,43-44H,3-38H2,1-2H3,(H,42,45). The van der Waals surface area contributed by atoms with Crippen molar-refractivity contribution in [2.24, 2.45) is 0 Å². The average Bonchev–Trinajstić information content (AvgIpc) is 3.04. The molecule has 0 spiro atoms. The highest BCUT2D eigenvalue weighted by Crippen LogP contribution is 2.16. The van der Waals surface area contributed by atoms with E-state index < -0.39 is 12.1 Å². The van der Waals surface area contributed by atoms with E-state index >= 15 is 0 Å². The van der Waals surface area contributed by atoms with Crippen LogP contribution in [0.2, 0.25) is 0 Å². The summed E-state index contributed by atoms with van der Waals surface area (Å²) >= 11 is 0. The molecule has 0 aromatic heterocycles. The monoisotopic (exact) mass is 638 g/mol. The van der Waals surface area contributed by atoms with Gasteiger partial charge < -0.3 is 15.5 Å². The van der Waals surface area contributed by atoms with E-state index in [9.17, 15) is 15.0 Å². The first-order valence-corrected chi connectivity index (χ1v) is 20.7. The molecule has 0 saturated heterocycles. The van der Waals surface area contributed by atoms with Crippen LogP contribution in [0, 0.1) is 0 Å². The molecule has 0 aromatic rings. The number of amides is 1. The molecule has 0 bridgehead atoms. The summed E-state index contributed by atoms with van der Waals surface area (Å²) in [6, 6.07) is -0.527. The maximum Gasteiger partial charge on any atom is 0.220 e. The summed E-state index contributed by atoms with van der Waals surface area (Å²) in [6.45, 7) is 4.36. The molecule has 0 rings (SSSR count). The smallest absolute Gasteiger partial charge is 0.220 e. The van der Waals surface area contributed by atoms with E-state index in [0.29, 0.717) is 12.8 Å². The maximum absolute atomic E-state index is 12.3. The van der Waals surface area contributed by atoms with Crippen LogP contribution in [0.25, 0.3) is 0 Å². The van der Waals surface area contributed by atoms with E-state index in [1.165, 1.54) is 186 Å². The lowest BCUT2D eigenvalue weighted by Gasteiger charge is -2.22. The fraction of sp³-hybridized carbons (Fsp3) is 0.976. The predicted octanol–water partition coefficient (Wildman–Crippen LogP) is 12.5. The lowest BCUT2D eigenvalue weighted by molar-refractivity contribution is -0.123. The number of carbonyl (C=O) groups excluding carboxylic acids is 1. The van der Waals surface area contributed by atoms with Crippen LogP contribution in [0.3, 0.4) is 0 Å². The van der Waals surface area contributed by atoms with Gasteiger partial charge in [0.05, 0.1) is 18.8 Å². The third kappa shape index (κ3) is 34.5. The Bertz CT molecular complexity index is 569. The van der Waals surface area contributed by atoms with E-state index in [4.69, 9.17) is 0 Å². The van der Waals surface area contributed by atoms with Crippen molar-refractivity contribution >= 4 is 5.91 Å². The van der Waals surface area contributed by atoms with E-state index in [-0.39, 0.29) is 12.5 Å². The van der Waals surface area contributed by atoms with E-state index in [0.717, 1.165) is 25.7 Å². The van der Waals surface area contributed by atoms with Gasteiger partial charge in [0.1, 0.15) is 0 Å². The predicted molar refractivity (Wildman–Crippen MR) is 198 cm³/mol. The molecule has 0 aliphatic carbocycles. The third-order valence-electron chi connectivity index (χ3n) is 9.87. The third-order valence-corrected chi connectivity index (χ3v) is 9.87. The van der Waals surface area contributed by atoms with Crippen LogP contribution < -0.4 is 5.32 Å². The molecule has 270 valence electrons. The Balaban J connectivity index is 3.42. The van der Waals surface area contributed by atoms with Crippen LogP contribution in [-0.2, 0) is 4.79 Å². The van der Waals surface area contributed by atoms with Crippen molar-refractivity contribution in [3.05, 3.63) is 0 Å². The zero-order valence-electron chi connectivity index (χ0n) is 30.9. The van der Waals surface area contributed by atoms with Crippen LogP contribution >= 0.6 is 0 Å². The number of hydrogen-bond donors (Lipinski definition) is 3. The van der Waals surface area contributed by atoms with Gasteiger partial charge in [-0.25, -0.2) is 0 Å². The topological polar surface area (TPSA) is 69.6 Å². The van der Waals surface area contributed by atoms with Gasteiger partial charge in [-0.3, -0.25) is 4.79 Å². The SMILES string of the molecule is CCCCCCCCCCCCCCCCCCCCCCCCCC(=O)NC(CO)C(O)CCCCCCCCCCCC. The molecule has 3 N–H and O–H groups in total. The minimum absolute atomic E-state index is 0.0281. The molecule has 0 saturated carbocycles. The molecule has 0 fully saturated rings. The van der Waals surface area contributed by atoms with Crippen molar-refractivity contribution in [3.63, 3.8) is 0 Å². The number of aliphatic hydroxyl groups excluding tert-OH is 2. The molecule has 0 radical (unpaired) electrons. The second-order valence-electron chi connectivity index (χ2n) is 14.4. The summed E-state index contributed by atoms with van der Waals surface area (Å²) in [7, 11) is 0. The van der Waals surface area contributed by atoms with Crippen LogP contribution in [0.4, 0.5) is 0 Å². The molecule has 0 aliphatic rings. The number of unbranched alkanes of at least 4 members (excludes halogenated alkanes) is 31. The highest BCUT2D eigenvalue weighted by molar-refractivity contribution is 5.76. The second kappa shape index (κ2) is 37.8. The Morgan fingerprint density at radius 3 is 1.00 bits per heavy atom. The van der Waals surface area contributed by atoms with Gasteiger partial charge >= 0.3 is 0 Å². The van der Waals surface area contributed by atoms with Crippen molar-refractivity contribution in [2.75, 3.05) is 6.61 Å². The van der Waals surface area contributed by atoms with E-state index in [1.54, 1.807) is 0 Å². The molecule has 45 heavy (non-hydrogen) atoms. The Hall–Kier alpha value is -0.610. The largest absolute Gasteiger partial charge is 0.394 e. The maximum atomic E-state index is 12.3. The van der Waals surface area contributed by atoms with Gasteiger partial charge in [0.25, 0.3) is 0 Å². The Kier molecular flexibility index (Phi) is 37.3. The van der Waals surface area contributed by atoms with Crippen LogP contribution in [0.5, 0.6) is 0 Å². The summed E-state index contributed by atoms with van der Waals surface area (Å²) in [6.07, 6.45) is 44.7. The number of hydrogen-bond acceptors (Lipinski definition) is 3. The lowest BCUT2D eigenvalue weighted by Crippen LogP contribution is -2.45. The summed E-state index contributed by atoms with van der Waals surface area (Å²) in [5.41, 5.74) is 0. The highest BCUT2D eigenvalue weighted by atomic mass is 16.3. The summed E-state index contributed by atoms with van der Waals surface area (Å²) in [5, 5.41) is 23.0. The first-order chi connectivity index (χ1) is 22.2. The van der Waals surface area contributed by atoms with Gasteiger partial charge in [0, 0.05) is 6.42 Å². The first-order valence-electron chi connectivity index (χ1n) is 20.7. The van der Waals surface area contributed by atoms with Crippen LogP contribution in [0.15, 0.2) is 0 Å². The van der Waals surface area contributed by atoms with Gasteiger partial charge in [-0.2, -0.15) is 0 Å². The lowest BCUT2D eigenvalue weighted by atomic mass is 10.0. The summed E-state index contributed by atoms with van der Waals surface area (Å²) in [4.78, 5) is 12.3. The minimum Gasteiger partial charge on any atom is -0.394 e. The number of rotatable bonds is 38. The first kappa shape index (κ1) is 44.4. The highest BCUT2D eigenvalue weighted by Gasteiger charge is 2.19. The zero-order valence-corrected chi connectivity index (χ0v) is 30.9. The van der Waals surface area contributed by atoms with Crippen molar-refractivity contribution in [1.29, 1.82) is 0 Å². The zero-order chi connectivity index (χ0) is 32.9. The fourth-order valence-electron chi connectivity index (χ4n) is 6.66. The average molecular weight is 638 g/mol. The Labute approximate surface area is 283 Å². The van der Waals surface area contributed by atoms with Crippen molar-refractivity contribution in [1.82, 2.24) is 5.32 Å². The van der Waals surface area contributed by atoms with Gasteiger partial charge in [-0.05, 0) is 12.8 Å². The summed E-state index contributed by atoms with van der Waals surface area (Å²) < 4.78 is 0. The van der Waals surface area contributed by atoms with Crippen LogP contribution in [-0.4, -0.2) is 34.9 Å². The molecule has 4 heteroatoms. The van der Waals surface area contributed by atoms with E-state index in [2.05, 4.69) is 19.2 Å². The number of carbonyl (C=O) groups is 1. The van der Waals surface area contributed by atoms with Crippen molar-refractivity contribution in [3.8, 4) is 0 Å². The molecule has 0 heterocycles. The number of aliphatic hydroxyl groups is 2. The molecule has 2 unspecified atom stereocenters. The molecular weight excluding hydrogens is 554 g/mol. The summed E-state index contributed by atoms with van der Waals surface area (Å²) in [5.74, 6) is -0.0281. The normalized spacial score (nSPS) is 12.9. The van der Waals surface area contributed by atoms with Crippen molar-refractivity contribution in [2.45, 2.75) is 251 Å². The van der Waals surface area contributed by atoms with Gasteiger partial charge in [0.15, 0.2) is 0 Å². The molecule has 0 aromatic carbocycles. The Morgan fingerprint density at radius 2 is 0.711 bits per heavy atom. The van der Waals surface area contributed by atoms with Crippen LogP contribution in [0.1, 0.15) is 239 Å². The molecule has 4 nitrogen and oxygen atoms in total. The number of nitrogens with one attached hydrogen (secondary N) is 1. The second-order valence-corrected chi connectivity index (χ2v) is 14.4. The van der Waals surface area contributed by atoms with Crippen molar-refractivity contribution < 1.29 is 15.0 Å². The molecule has 2 atom stereocenters. The van der Waals surface area contributed by atoms with Gasteiger partial charge in [-0.1, -0.05) is 219 Å². The molecule has 0 aliphatic heterocycles. The van der Waals surface area contributed by atoms with Gasteiger partial charge in [0.2, 0.25) is 5.91 Å². The van der Waals surface area contributed by atoms with E-state index in [1.807, 2.05) is 0 Å².